The van der Waals surface area contributed by atoms with E-state index in [-0.39, 0.29) is 23.9 Å². The molecule has 166 valence electrons. The third-order valence-electron chi connectivity index (χ3n) is 6.41. The highest BCUT2D eigenvalue weighted by Crippen LogP contribution is 2.37. The van der Waals surface area contributed by atoms with Gasteiger partial charge in [-0.05, 0) is 54.6 Å². The lowest BCUT2D eigenvalue weighted by Gasteiger charge is -2.36. The average Bonchev–Trinajstić information content (AvgIpc) is 3.02. The van der Waals surface area contributed by atoms with E-state index in [2.05, 4.69) is 40.8 Å². The Morgan fingerprint density at radius 1 is 1.21 bits per heavy atom. The van der Waals surface area contributed by atoms with E-state index in [1.807, 2.05) is 24.3 Å². The summed E-state index contributed by atoms with van der Waals surface area (Å²) in [6.45, 7) is 15.0. The maximum absolute atomic E-state index is 10.5. The van der Waals surface area contributed by atoms with Crippen molar-refractivity contribution in [3.63, 3.8) is 0 Å². The van der Waals surface area contributed by atoms with Gasteiger partial charge in [-0.15, -0.1) is 0 Å². The van der Waals surface area contributed by atoms with Crippen molar-refractivity contribution < 1.29 is 23.7 Å². The Kier molecular flexibility index (Phi) is 8.73. The molecule has 0 amide bonds. The molecule has 0 aromatic heterocycles. The lowest BCUT2D eigenvalue weighted by Crippen LogP contribution is -2.41. The van der Waals surface area contributed by atoms with Gasteiger partial charge >= 0.3 is 0 Å². The topological polar surface area (TPSA) is 57.2 Å². The van der Waals surface area contributed by atoms with Crippen LogP contribution >= 0.6 is 0 Å². The van der Waals surface area contributed by atoms with Crippen LogP contribution < -0.4 is 4.74 Å². The zero-order valence-electron chi connectivity index (χ0n) is 19.2. The number of hydrogen-bond donors (Lipinski definition) is 1. The van der Waals surface area contributed by atoms with Gasteiger partial charge in [-0.1, -0.05) is 39.8 Å². The highest BCUT2D eigenvalue weighted by molar-refractivity contribution is 6.74. The summed E-state index contributed by atoms with van der Waals surface area (Å²) in [6.07, 6.45) is 1.10. The summed E-state index contributed by atoms with van der Waals surface area (Å²) in [5, 5.41) is 10.7. The molecule has 1 aromatic rings. The number of hydrogen-bond acceptors (Lipinski definition) is 5. The molecule has 2 rings (SSSR count). The van der Waals surface area contributed by atoms with Crippen LogP contribution in [0.2, 0.25) is 18.1 Å². The Labute approximate surface area is 177 Å². The van der Waals surface area contributed by atoms with Crippen LogP contribution in [0.5, 0.6) is 5.75 Å². The van der Waals surface area contributed by atoms with Crippen LogP contribution in [0.1, 0.15) is 46.1 Å². The molecule has 6 heteroatoms. The largest absolute Gasteiger partial charge is 0.497 e. The smallest absolute Gasteiger partial charge is 0.191 e. The van der Waals surface area contributed by atoms with Gasteiger partial charge in [-0.2, -0.15) is 0 Å². The molecule has 0 saturated carbocycles. The molecule has 1 heterocycles. The summed E-state index contributed by atoms with van der Waals surface area (Å²) in [7, 11) is -0.0764. The second-order valence-electron chi connectivity index (χ2n) is 9.75. The van der Waals surface area contributed by atoms with E-state index in [9.17, 15) is 5.11 Å². The highest BCUT2D eigenvalue weighted by Gasteiger charge is 2.39. The van der Waals surface area contributed by atoms with Crippen LogP contribution in [0.4, 0.5) is 0 Å². The van der Waals surface area contributed by atoms with Gasteiger partial charge in [0.2, 0.25) is 0 Å². The van der Waals surface area contributed by atoms with Crippen molar-refractivity contribution in [2.45, 2.75) is 83.6 Å². The Bertz CT molecular complexity index is 611. The molecule has 5 nitrogen and oxygen atoms in total. The van der Waals surface area contributed by atoms with Crippen molar-refractivity contribution in [3.8, 4) is 5.75 Å². The van der Waals surface area contributed by atoms with E-state index in [0.717, 1.165) is 30.8 Å². The molecule has 1 aromatic carbocycles. The molecule has 0 aliphatic carbocycles. The number of aliphatic hydroxyl groups is 1. The SMILES string of the molecule is COc1ccc(COC[C@@H](O)[C@@H]2C[C@H](C)[C@@H](CCO[Si](C)(C)C(C)(C)C)O2)cc1. The van der Waals surface area contributed by atoms with Crippen molar-refractivity contribution in [2.75, 3.05) is 20.3 Å². The quantitative estimate of drug-likeness (QED) is 0.548. The molecule has 1 aliphatic heterocycles. The summed E-state index contributed by atoms with van der Waals surface area (Å²) in [4.78, 5) is 0. The van der Waals surface area contributed by atoms with Crippen molar-refractivity contribution in [2.24, 2.45) is 5.92 Å². The van der Waals surface area contributed by atoms with Gasteiger partial charge in [0.1, 0.15) is 11.9 Å². The van der Waals surface area contributed by atoms with Crippen LogP contribution in [0, 0.1) is 5.92 Å². The maximum Gasteiger partial charge on any atom is 0.191 e. The fourth-order valence-electron chi connectivity index (χ4n) is 3.31. The van der Waals surface area contributed by atoms with Gasteiger partial charge in [0.05, 0.1) is 32.5 Å². The molecule has 29 heavy (non-hydrogen) atoms. The lowest BCUT2D eigenvalue weighted by atomic mass is 9.98. The first kappa shape index (κ1) is 24.3. The summed E-state index contributed by atoms with van der Waals surface area (Å²) in [5.41, 5.74) is 1.05. The van der Waals surface area contributed by atoms with Gasteiger partial charge in [-0.25, -0.2) is 0 Å². The van der Waals surface area contributed by atoms with Crippen molar-refractivity contribution >= 4 is 8.32 Å². The zero-order chi connectivity index (χ0) is 21.7. The molecule has 0 spiro atoms. The maximum atomic E-state index is 10.5. The minimum atomic E-state index is -1.73. The van der Waals surface area contributed by atoms with E-state index in [1.165, 1.54) is 0 Å². The van der Waals surface area contributed by atoms with Crippen LogP contribution in [-0.4, -0.2) is 52.1 Å². The first-order valence-electron chi connectivity index (χ1n) is 10.7. The first-order valence-corrected chi connectivity index (χ1v) is 13.6. The number of aliphatic hydroxyl groups excluding tert-OH is 1. The number of benzene rings is 1. The standard InChI is InChI=1S/C23H40O5Si/c1-17-14-22(28-21(17)12-13-27-29(6,7)23(2,3)4)20(24)16-26-15-18-8-10-19(25-5)11-9-18/h8-11,17,20-22,24H,12-16H2,1-7H3/t17-,20+,21+,22-/m0/s1. The van der Waals surface area contributed by atoms with Gasteiger partial charge in [0.25, 0.3) is 0 Å². The van der Waals surface area contributed by atoms with Crippen molar-refractivity contribution in [3.05, 3.63) is 29.8 Å². The van der Waals surface area contributed by atoms with Gasteiger partial charge in [0, 0.05) is 6.61 Å². The van der Waals surface area contributed by atoms with Crippen LogP contribution in [0.25, 0.3) is 0 Å². The lowest BCUT2D eigenvalue weighted by molar-refractivity contribution is -0.0748. The fraction of sp³-hybridized carbons (Fsp3) is 0.739. The fourth-order valence-corrected chi connectivity index (χ4v) is 4.37. The second-order valence-corrected chi connectivity index (χ2v) is 14.6. The van der Waals surface area contributed by atoms with Gasteiger partial charge in [0.15, 0.2) is 8.32 Å². The van der Waals surface area contributed by atoms with Crippen molar-refractivity contribution in [1.29, 1.82) is 0 Å². The van der Waals surface area contributed by atoms with Gasteiger partial charge in [-0.3, -0.25) is 0 Å². The van der Waals surface area contributed by atoms with Crippen molar-refractivity contribution in [1.82, 2.24) is 0 Å². The number of rotatable bonds is 10. The minimum Gasteiger partial charge on any atom is -0.497 e. The first-order chi connectivity index (χ1) is 13.5. The summed E-state index contributed by atoms with van der Waals surface area (Å²) in [6, 6.07) is 7.76. The molecule has 1 fully saturated rings. The second kappa shape index (κ2) is 10.4. The zero-order valence-corrected chi connectivity index (χ0v) is 20.2. The number of ether oxygens (including phenoxy) is 3. The van der Waals surface area contributed by atoms with E-state index in [0.29, 0.717) is 12.5 Å². The molecular weight excluding hydrogens is 384 g/mol. The Morgan fingerprint density at radius 3 is 2.45 bits per heavy atom. The van der Waals surface area contributed by atoms with E-state index < -0.39 is 14.4 Å². The third kappa shape index (κ3) is 7.07. The summed E-state index contributed by atoms with van der Waals surface area (Å²) in [5.74, 6) is 1.24. The van der Waals surface area contributed by atoms with Gasteiger partial charge < -0.3 is 23.7 Å². The molecule has 1 saturated heterocycles. The highest BCUT2D eigenvalue weighted by atomic mass is 28.4. The predicted molar refractivity (Wildman–Crippen MR) is 119 cm³/mol. The molecule has 4 atom stereocenters. The number of methoxy groups -OCH3 is 1. The van der Waals surface area contributed by atoms with E-state index in [4.69, 9.17) is 18.6 Å². The Balaban J connectivity index is 1.72. The van der Waals surface area contributed by atoms with E-state index >= 15 is 0 Å². The van der Waals surface area contributed by atoms with Crippen LogP contribution in [0.15, 0.2) is 24.3 Å². The normalized spacial score (nSPS) is 23.9. The monoisotopic (exact) mass is 424 g/mol. The molecule has 1 N–H and O–H groups in total. The molecule has 0 bridgehead atoms. The van der Waals surface area contributed by atoms with E-state index in [1.54, 1.807) is 7.11 Å². The molecule has 0 unspecified atom stereocenters. The third-order valence-corrected chi connectivity index (χ3v) is 10.9. The van der Waals surface area contributed by atoms with Crippen LogP contribution in [0.3, 0.4) is 0 Å². The molecule has 0 radical (unpaired) electrons. The minimum absolute atomic E-state index is 0.140. The predicted octanol–water partition coefficient (Wildman–Crippen LogP) is 4.78. The summed E-state index contributed by atoms with van der Waals surface area (Å²) < 4.78 is 23.3. The Hall–Kier alpha value is -0.923. The summed E-state index contributed by atoms with van der Waals surface area (Å²) >= 11 is 0. The molecular formula is C23H40O5Si. The van der Waals surface area contributed by atoms with Crippen LogP contribution in [-0.2, 0) is 20.5 Å². The Morgan fingerprint density at radius 2 is 1.86 bits per heavy atom. The molecule has 1 aliphatic rings. The average molecular weight is 425 g/mol.